The second-order valence-corrected chi connectivity index (χ2v) is 6.21. The lowest BCUT2D eigenvalue weighted by atomic mass is 9.99. The van der Waals surface area contributed by atoms with Gasteiger partial charge in [-0.1, -0.05) is 0 Å². The number of ether oxygens (including phenoxy) is 1. The van der Waals surface area contributed by atoms with Crippen LogP contribution < -0.4 is 21.5 Å². The van der Waals surface area contributed by atoms with E-state index in [-0.39, 0.29) is 5.54 Å². The van der Waals surface area contributed by atoms with Crippen molar-refractivity contribution in [2.75, 3.05) is 18.2 Å². The number of methoxy groups -OCH3 is 1. The van der Waals surface area contributed by atoms with Gasteiger partial charge in [0.1, 0.15) is 15.6 Å². The first-order valence-electron chi connectivity index (χ1n) is 5.91. The molecular formula is C12H19N3O2S. The van der Waals surface area contributed by atoms with Crippen molar-refractivity contribution in [3.63, 3.8) is 0 Å². The Labute approximate surface area is 110 Å². The van der Waals surface area contributed by atoms with Gasteiger partial charge in [0.25, 0.3) is 5.91 Å². The second-order valence-electron chi connectivity index (χ2n) is 5.19. The fourth-order valence-electron chi connectivity index (χ4n) is 2.10. The highest BCUT2D eigenvalue weighted by Gasteiger charge is 2.39. The molecule has 0 bridgehead atoms. The zero-order valence-electron chi connectivity index (χ0n) is 10.9. The molecule has 0 saturated heterocycles. The van der Waals surface area contributed by atoms with E-state index >= 15 is 0 Å². The van der Waals surface area contributed by atoms with Crippen LogP contribution in [-0.2, 0) is 0 Å². The van der Waals surface area contributed by atoms with Gasteiger partial charge in [0.2, 0.25) is 0 Å². The standard InChI is InChI=1S/C12H19N3O2S/c1-12(2,6-4-5-6)15-11-8(17-3)7(13)9(18-11)10(14)16/h6,15H,4-5,13H2,1-3H3,(H2,14,16). The molecule has 2 rings (SSSR count). The molecule has 0 radical (unpaired) electrons. The third-order valence-corrected chi connectivity index (χ3v) is 4.48. The molecule has 1 aromatic heterocycles. The van der Waals surface area contributed by atoms with Gasteiger partial charge in [-0.2, -0.15) is 0 Å². The SMILES string of the molecule is COc1c(NC(C)(C)C2CC2)sc(C(N)=O)c1N. The minimum Gasteiger partial charge on any atom is -0.492 e. The van der Waals surface area contributed by atoms with Gasteiger partial charge in [-0.15, -0.1) is 11.3 Å². The molecule has 0 unspecified atom stereocenters. The van der Waals surface area contributed by atoms with Gasteiger partial charge in [0.15, 0.2) is 5.75 Å². The summed E-state index contributed by atoms with van der Waals surface area (Å²) in [5.41, 5.74) is 11.5. The van der Waals surface area contributed by atoms with E-state index in [4.69, 9.17) is 16.2 Å². The van der Waals surface area contributed by atoms with Crippen LogP contribution in [0.5, 0.6) is 5.75 Å². The fourth-order valence-corrected chi connectivity index (χ4v) is 3.20. The molecule has 1 fully saturated rings. The Morgan fingerprint density at radius 3 is 2.56 bits per heavy atom. The largest absolute Gasteiger partial charge is 0.492 e. The molecule has 5 N–H and O–H groups in total. The van der Waals surface area contributed by atoms with Crippen LogP contribution in [0.3, 0.4) is 0 Å². The maximum atomic E-state index is 11.3. The third-order valence-electron chi connectivity index (χ3n) is 3.36. The molecule has 1 aromatic rings. The number of hydrogen-bond acceptors (Lipinski definition) is 5. The van der Waals surface area contributed by atoms with E-state index in [2.05, 4.69) is 19.2 Å². The Kier molecular flexibility index (Phi) is 3.14. The zero-order chi connectivity index (χ0) is 13.5. The van der Waals surface area contributed by atoms with Gasteiger partial charge < -0.3 is 21.5 Å². The predicted molar refractivity (Wildman–Crippen MR) is 74.2 cm³/mol. The summed E-state index contributed by atoms with van der Waals surface area (Å²) in [6.07, 6.45) is 2.46. The number of nitrogens with one attached hydrogen (secondary N) is 1. The topological polar surface area (TPSA) is 90.4 Å². The summed E-state index contributed by atoms with van der Waals surface area (Å²) in [4.78, 5) is 11.6. The van der Waals surface area contributed by atoms with Crippen molar-refractivity contribution in [3.8, 4) is 5.75 Å². The van der Waals surface area contributed by atoms with E-state index in [1.807, 2.05) is 0 Å². The van der Waals surface area contributed by atoms with Crippen molar-refractivity contribution in [1.82, 2.24) is 0 Å². The molecule has 5 nitrogen and oxygen atoms in total. The molecule has 1 aliphatic rings. The highest BCUT2D eigenvalue weighted by atomic mass is 32.1. The van der Waals surface area contributed by atoms with Gasteiger partial charge in [0, 0.05) is 5.54 Å². The van der Waals surface area contributed by atoms with Gasteiger partial charge >= 0.3 is 0 Å². The van der Waals surface area contributed by atoms with E-state index in [1.165, 1.54) is 24.2 Å². The van der Waals surface area contributed by atoms with Gasteiger partial charge in [0.05, 0.1) is 7.11 Å². The number of thiophene rings is 1. The van der Waals surface area contributed by atoms with Crippen LogP contribution in [-0.4, -0.2) is 18.6 Å². The van der Waals surface area contributed by atoms with Crippen LogP contribution in [0, 0.1) is 5.92 Å². The van der Waals surface area contributed by atoms with Crippen molar-refractivity contribution in [3.05, 3.63) is 4.88 Å². The van der Waals surface area contributed by atoms with Crippen LogP contribution >= 0.6 is 11.3 Å². The quantitative estimate of drug-likeness (QED) is 0.763. The molecule has 0 aromatic carbocycles. The normalized spacial score (nSPS) is 15.5. The molecule has 1 aliphatic carbocycles. The summed E-state index contributed by atoms with van der Waals surface area (Å²) in [6.45, 7) is 4.29. The Morgan fingerprint density at radius 2 is 2.11 bits per heavy atom. The molecule has 6 heteroatoms. The van der Waals surface area contributed by atoms with E-state index in [9.17, 15) is 4.79 Å². The molecule has 1 saturated carbocycles. The average Bonchev–Trinajstić information content (AvgIpc) is 3.05. The van der Waals surface area contributed by atoms with Gasteiger partial charge in [-0.25, -0.2) is 0 Å². The lowest BCUT2D eigenvalue weighted by molar-refractivity contribution is 0.100. The number of hydrogen-bond donors (Lipinski definition) is 3. The minimum absolute atomic E-state index is 0.0283. The zero-order valence-corrected chi connectivity index (χ0v) is 11.7. The van der Waals surface area contributed by atoms with E-state index in [1.54, 1.807) is 7.11 Å². The van der Waals surface area contributed by atoms with Crippen LogP contribution in [0.1, 0.15) is 36.4 Å². The summed E-state index contributed by atoms with van der Waals surface area (Å²) in [6, 6.07) is 0. The van der Waals surface area contributed by atoms with Gasteiger partial charge in [-0.05, 0) is 32.6 Å². The Morgan fingerprint density at radius 1 is 1.50 bits per heavy atom. The lowest BCUT2D eigenvalue weighted by Crippen LogP contribution is -2.32. The molecule has 18 heavy (non-hydrogen) atoms. The van der Waals surface area contributed by atoms with Crippen molar-refractivity contribution >= 4 is 27.9 Å². The monoisotopic (exact) mass is 269 g/mol. The van der Waals surface area contributed by atoms with Gasteiger partial charge in [-0.3, -0.25) is 4.79 Å². The molecule has 0 spiro atoms. The van der Waals surface area contributed by atoms with Crippen LogP contribution in [0.15, 0.2) is 0 Å². The molecule has 1 heterocycles. The first kappa shape index (κ1) is 13.0. The smallest absolute Gasteiger partial charge is 0.261 e. The number of carbonyl (C=O) groups excluding carboxylic acids is 1. The minimum atomic E-state index is -0.520. The Balaban J connectivity index is 2.32. The van der Waals surface area contributed by atoms with E-state index in [0.717, 1.165) is 5.00 Å². The van der Waals surface area contributed by atoms with E-state index < -0.39 is 5.91 Å². The molecule has 100 valence electrons. The summed E-state index contributed by atoms with van der Waals surface area (Å²) in [5.74, 6) is 0.651. The first-order valence-corrected chi connectivity index (χ1v) is 6.72. The molecule has 1 amide bonds. The predicted octanol–water partition coefficient (Wildman–Crippen LogP) is 2.04. The maximum Gasteiger partial charge on any atom is 0.261 e. The number of anilines is 2. The number of amides is 1. The Hall–Kier alpha value is -1.43. The fraction of sp³-hybridized carbons (Fsp3) is 0.583. The second kappa shape index (κ2) is 4.35. The summed E-state index contributed by atoms with van der Waals surface area (Å²) in [5, 5.41) is 4.20. The third kappa shape index (κ3) is 2.25. The number of nitrogen functional groups attached to an aromatic ring is 1. The summed E-state index contributed by atoms with van der Waals surface area (Å²) < 4.78 is 5.27. The van der Waals surface area contributed by atoms with Crippen molar-refractivity contribution in [2.24, 2.45) is 11.7 Å². The van der Waals surface area contributed by atoms with E-state index in [0.29, 0.717) is 22.2 Å². The van der Waals surface area contributed by atoms with Crippen LogP contribution in [0.2, 0.25) is 0 Å². The Bertz CT molecular complexity index is 478. The number of carbonyl (C=O) groups is 1. The molecular weight excluding hydrogens is 250 g/mol. The highest BCUT2D eigenvalue weighted by molar-refractivity contribution is 7.19. The number of nitrogens with two attached hydrogens (primary N) is 2. The number of rotatable bonds is 5. The number of primary amides is 1. The van der Waals surface area contributed by atoms with Crippen molar-refractivity contribution < 1.29 is 9.53 Å². The maximum absolute atomic E-state index is 11.3. The average molecular weight is 269 g/mol. The summed E-state index contributed by atoms with van der Waals surface area (Å²) in [7, 11) is 1.54. The van der Waals surface area contributed by atoms with Crippen molar-refractivity contribution in [1.29, 1.82) is 0 Å². The van der Waals surface area contributed by atoms with Crippen LogP contribution in [0.4, 0.5) is 10.7 Å². The summed E-state index contributed by atoms with van der Waals surface area (Å²) >= 11 is 1.26. The highest BCUT2D eigenvalue weighted by Crippen LogP contribution is 2.47. The lowest BCUT2D eigenvalue weighted by Gasteiger charge is -2.27. The molecule has 0 atom stereocenters. The van der Waals surface area contributed by atoms with Crippen molar-refractivity contribution in [2.45, 2.75) is 32.2 Å². The first-order chi connectivity index (χ1) is 8.36. The molecule has 0 aliphatic heterocycles. The van der Waals surface area contributed by atoms with Crippen LogP contribution in [0.25, 0.3) is 0 Å².